The Morgan fingerprint density at radius 1 is 1.11 bits per heavy atom. The Bertz CT molecular complexity index is 561. The summed E-state index contributed by atoms with van der Waals surface area (Å²) >= 11 is 0. The van der Waals surface area contributed by atoms with Gasteiger partial charge in [-0.1, -0.05) is 24.3 Å². The van der Waals surface area contributed by atoms with Crippen LogP contribution in [-0.2, 0) is 0 Å². The smallest absolute Gasteiger partial charge is 0.193 e. The van der Waals surface area contributed by atoms with Gasteiger partial charge in [-0.25, -0.2) is 0 Å². The van der Waals surface area contributed by atoms with Gasteiger partial charge in [-0.3, -0.25) is 4.79 Å². The highest BCUT2D eigenvalue weighted by Crippen LogP contribution is 2.17. The van der Waals surface area contributed by atoms with E-state index in [0.29, 0.717) is 18.7 Å². The normalized spacial score (nSPS) is 10.2. The van der Waals surface area contributed by atoms with Gasteiger partial charge in [0.1, 0.15) is 12.4 Å². The van der Waals surface area contributed by atoms with Gasteiger partial charge in [-0.2, -0.15) is 0 Å². The molecule has 0 saturated carbocycles. The summed E-state index contributed by atoms with van der Waals surface area (Å²) in [6.07, 6.45) is 0. The summed E-state index contributed by atoms with van der Waals surface area (Å²) in [4.78, 5) is 12.3. The van der Waals surface area contributed by atoms with Crippen molar-refractivity contribution in [2.75, 3.05) is 13.2 Å². The van der Waals surface area contributed by atoms with E-state index in [1.54, 1.807) is 24.3 Å². The van der Waals surface area contributed by atoms with Gasteiger partial charge in [-0.15, -0.1) is 0 Å². The van der Waals surface area contributed by atoms with Crippen LogP contribution in [0.2, 0.25) is 0 Å². The van der Waals surface area contributed by atoms with E-state index in [9.17, 15) is 4.79 Å². The zero-order valence-electron chi connectivity index (χ0n) is 10.9. The van der Waals surface area contributed by atoms with Crippen molar-refractivity contribution in [1.82, 2.24) is 0 Å². The fraction of sp³-hybridized carbons (Fsp3) is 0.188. The summed E-state index contributed by atoms with van der Waals surface area (Å²) in [5.41, 5.74) is 7.75. The molecule has 0 saturated heterocycles. The fourth-order valence-corrected chi connectivity index (χ4v) is 1.86. The molecule has 0 bridgehead atoms. The summed E-state index contributed by atoms with van der Waals surface area (Å²) in [7, 11) is 0. The van der Waals surface area contributed by atoms with Crippen LogP contribution in [-0.4, -0.2) is 18.9 Å². The van der Waals surface area contributed by atoms with Gasteiger partial charge in [0, 0.05) is 17.7 Å². The molecule has 2 aromatic carbocycles. The molecule has 0 amide bonds. The van der Waals surface area contributed by atoms with E-state index in [4.69, 9.17) is 10.5 Å². The highest BCUT2D eigenvalue weighted by atomic mass is 16.5. The summed E-state index contributed by atoms with van der Waals surface area (Å²) in [6.45, 7) is 2.89. The molecule has 0 fully saturated rings. The van der Waals surface area contributed by atoms with Crippen molar-refractivity contribution >= 4 is 5.78 Å². The van der Waals surface area contributed by atoms with Crippen LogP contribution in [0.15, 0.2) is 48.5 Å². The lowest BCUT2D eigenvalue weighted by Crippen LogP contribution is -2.10. The van der Waals surface area contributed by atoms with Crippen molar-refractivity contribution in [2.45, 2.75) is 6.92 Å². The van der Waals surface area contributed by atoms with Crippen molar-refractivity contribution < 1.29 is 9.53 Å². The van der Waals surface area contributed by atoms with Gasteiger partial charge in [0.15, 0.2) is 5.78 Å². The second kappa shape index (κ2) is 6.16. The first-order valence-electron chi connectivity index (χ1n) is 6.25. The van der Waals surface area contributed by atoms with Gasteiger partial charge < -0.3 is 10.5 Å². The topological polar surface area (TPSA) is 52.3 Å². The third-order valence-corrected chi connectivity index (χ3v) is 2.89. The number of benzene rings is 2. The van der Waals surface area contributed by atoms with Gasteiger partial charge in [0.05, 0.1) is 0 Å². The minimum absolute atomic E-state index is 0.0310. The Balaban J connectivity index is 2.18. The number of carbonyl (C=O) groups is 1. The van der Waals surface area contributed by atoms with E-state index in [1.807, 2.05) is 31.2 Å². The molecule has 0 aromatic heterocycles. The molecule has 0 unspecified atom stereocenters. The molecule has 98 valence electrons. The van der Waals surface area contributed by atoms with Gasteiger partial charge in [0.2, 0.25) is 0 Å². The average molecular weight is 255 g/mol. The molecular formula is C16H17NO2. The number of nitrogens with two attached hydrogens (primary N) is 1. The van der Waals surface area contributed by atoms with E-state index in [0.717, 1.165) is 16.9 Å². The minimum Gasteiger partial charge on any atom is -0.492 e. The van der Waals surface area contributed by atoms with Crippen LogP contribution in [0.25, 0.3) is 0 Å². The van der Waals surface area contributed by atoms with Gasteiger partial charge >= 0.3 is 0 Å². The zero-order chi connectivity index (χ0) is 13.7. The Hall–Kier alpha value is -2.13. The third-order valence-electron chi connectivity index (χ3n) is 2.89. The second-order valence-corrected chi connectivity index (χ2v) is 4.31. The standard InChI is InChI=1S/C16H17NO2/c1-12-4-2-3-5-15(12)16(18)13-6-8-14(9-7-13)19-11-10-17/h2-9H,10-11,17H2,1H3. The SMILES string of the molecule is Cc1ccccc1C(=O)c1ccc(OCCN)cc1. The van der Waals surface area contributed by atoms with Crippen LogP contribution in [0.1, 0.15) is 21.5 Å². The molecule has 0 aliphatic heterocycles. The summed E-state index contributed by atoms with van der Waals surface area (Å²) < 4.78 is 5.38. The van der Waals surface area contributed by atoms with E-state index in [1.165, 1.54) is 0 Å². The number of ether oxygens (including phenoxy) is 1. The first-order valence-corrected chi connectivity index (χ1v) is 6.25. The maximum atomic E-state index is 12.3. The molecule has 0 aliphatic carbocycles. The quantitative estimate of drug-likeness (QED) is 0.835. The van der Waals surface area contributed by atoms with Gasteiger partial charge in [-0.05, 0) is 36.8 Å². The van der Waals surface area contributed by atoms with Crippen molar-refractivity contribution in [2.24, 2.45) is 5.73 Å². The molecule has 2 aromatic rings. The largest absolute Gasteiger partial charge is 0.492 e. The molecule has 0 atom stereocenters. The van der Waals surface area contributed by atoms with Crippen molar-refractivity contribution in [3.63, 3.8) is 0 Å². The molecule has 2 rings (SSSR count). The average Bonchev–Trinajstić information content (AvgIpc) is 2.45. The van der Waals surface area contributed by atoms with E-state index in [2.05, 4.69) is 0 Å². The van der Waals surface area contributed by atoms with Crippen LogP contribution in [0.3, 0.4) is 0 Å². The maximum absolute atomic E-state index is 12.3. The highest BCUT2D eigenvalue weighted by molar-refractivity contribution is 6.09. The van der Waals surface area contributed by atoms with Crippen molar-refractivity contribution in [3.05, 3.63) is 65.2 Å². The summed E-state index contributed by atoms with van der Waals surface area (Å²) in [6, 6.07) is 14.7. The maximum Gasteiger partial charge on any atom is 0.193 e. The van der Waals surface area contributed by atoms with Crippen LogP contribution in [0.4, 0.5) is 0 Å². The van der Waals surface area contributed by atoms with Gasteiger partial charge in [0.25, 0.3) is 0 Å². The molecule has 2 N–H and O–H groups in total. The van der Waals surface area contributed by atoms with E-state index < -0.39 is 0 Å². The first kappa shape index (κ1) is 13.3. The predicted octanol–water partition coefficient (Wildman–Crippen LogP) is 2.56. The van der Waals surface area contributed by atoms with E-state index in [-0.39, 0.29) is 5.78 Å². The number of hydrogen-bond donors (Lipinski definition) is 1. The molecule has 0 spiro atoms. The fourth-order valence-electron chi connectivity index (χ4n) is 1.86. The minimum atomic E-state index is 0.0310. The second-order valence-electron chi connectivity index (χ2n) is 4.31. The van der Waals surface area contributed by atoms with E-state index >= 15 is 0 Å². The highest BCUT2D eigenvalue weighted by Gasteiger charge is 2.10. The molecule has 19 heavy (non-hydrogen) atoms. The van der Waals surface area contributed by atoms with Crippen LogP contribution in [0.5, 0.6) is 5.75 Å². The first-order chi connectivity index (χ1) is 9.22. The summed E-state index contributed by atoms with van der Waals surface area (Å²) in [5.74, 6) is 0.759. The molecule has 3 nitrogen and oxygen atoms in total. The van der Waals surface area contributed by atoms with Crippen molar-refractivity contribution in [1.29, 1.82) is 0 Å². The third kappa shape index (κ3) is 3.20. The number of carbonyl (C=O) groups excluding carboxylic acids is 1. The van der Waals surface area contributed by atoms with Crippen LogP contribution < -0.4 is 10.5 Å². The molecule has 0 radical (unpaired) electrons. The Kier molecular flexibility index (Phi) is 4.31. The number of rotatable bonds is 5. The Labute approximate surface area is 113 Å². The summed E-state index contributed by atoms with van der Waals surface area (Å²) in [5, 5.41) is 0. The molecule has 0 aliphatic rings. The number of ketones is 1. The lowest BCUT2D eigenvalue weighted by molar-refractivity contribution is 0.103. The van der Waals surface area contributed by atoms with Crippen molar-refractivity contribution in [3.8, 4) is 5.75 Å². The van der Waals surface area contributed by atoms with Crippen LogP contribution in [0, 0.1) is 6.92 Å². The number of hydrogen-bond acceptors (Lipinski definition) is 3. The zero-order valence-corrected chi connectivity index (χ0v) is 10.9. The predicted molar refractivity (Wildman–Crippen MR) is 75.6 cm³/mol. The Morgan fingerprint density at radius 3 is 2.42 bits per heavy atom. The monoisotopic (exact) mass is 255 g/mol. The van der Waals surface area contributed by atoms with Crippen LogP contribution >= 0.6 is 0 Å². The molecular weight excluding hydrogens is 238 g/mol. The lowest BCUT2D eigenvalue weighted by atomic mass is 9.99. The molecule has 3 heteroatoms. The Morgan fingerprint density at radius 2 is 1.79 bits per heavy atom. The lowest BCUT2D eigenvalue weighted by Gasteiger charge is -2.07. The molecule has 0 heterocycles. The number of aryl methyl sites for hydroxylation is 1.